The Labute approximate surface area is 234 Å². The van der Waals surface area contributed by atoms with Crippen molar-refractivity contribution in [1.82, 2.24) is 18.5 Å². The molecule has 2 amide bonds. The number of ether oxygens (including phenoxy) is 1. The van der Waals surface area contributed by atoms with E-state index in [1.165, 1.54) is 16.3 Å². The largest absolute Gasteiger partial charge is 0.472 e. The van der Waals surface area contributed by atoms with Crippen molar-refractivity contribution in [3.05, 3.63) is 47.9 Å². The van der Waals surface area contributed by atoms with Gasteiger partial charge in [0.25, 0.3) is 5.91 Å². The van der Waals surface area contributed by atoms with Crippen molar-refractivity contribution in [1.29, 1.82) is 0 Å². The van der Waals surface area contributed by atoms with Crippen molar-refractivity contribution in [2.75, 3.05) is 39.4 Å². The summed E-state index contributed by atoms with van der Waals surface area (Å²) >= 11 is 0. The van der Waals surface area contributed by atoms with Crippen LogP contribution in [0.4, 0.5) is 0 Å². The first kappa shape index (κ1) is 27.0. The topological polar surface area (TPSA) is 114 Å². The van der Waals surface area contributed by atoms with Gasteiger partial charge >= 0.3 is 10.2 Å². The summed E-state index contributed by atoms with van der Waals surface area (Å²) in [4.78, 5) is 28.6. The van der Waals surface area contributed by atoms with Crippen LogP contribution < -0.4 is 4.72 Å². The quantitative estimate of drug-likeness (QED) is 0.463. The molecular weight excluding hydrogens is 532 g/mol. The second kappa shape index (κ2) is 11.4. The maximum atomic E-state index is 13.5. The second-order valence-corrected chi connectivity index (χ2v) is 12.6. The molecule has 1 aliphatic carbocycles. The maximum Gasteiger partial charge on any atom is 0.304 e. The van der Waals surface area contributed by atoms with Gasteiger partial charge in [0.15, 0.2) is 0 Å². The Kier molecular flexibility index (Phi) is 7.69. The molecule has 3 fully saturated rings. The molecule has 3 aliphatic rings. The van der Waals surface area contributed by atoms with E-state index in [1.54, 1.807) is 24.7 Å². The molecule has 0 bridgehead atoms. The first-order valence-corrected chi connectivity index (χ1v) is 15.7. The Balaban J connectivity index is 1.45. The normalized spacial score (nSPS) is 19.4. The van der Waals surface area contributed by atoms with Gasteiger partial charge in [0, 0.05) is 42.7 Å². The summed E-state index contributed by atoms with van der Waals surface area (Å²) in [6.07, 6.45) is 10.5. The Morgan fingerprint density at radius 1 is 0.950 bits per heavy atom. The number of carbonyl (C=O) groups excluding carboxylic acids is 2. The third-order valence-corrected chi connectivity index (χ3v) is 9.95. The van der Waals surface area contributed by atoms with E-state index in [-0.39, 0.29) is 18.0 Å². The number of fused-ring (bicyclic) bond motifs is 1. The molecule has 1 aromatic carbocycles. The Morgan fingerprint density at radius 3 is 2.40 bits per heavy atom. The third kappa shape index (κ3) is 5.29. The van der Waals surface area contributed by atoms with Gasteiger partial charge in [-0.15, -0.1) is 0 Å². The molecule has 40 heavy (non-hydrogen) atoms. The predicted octanol–water partition coefficient (Wildman–Crippen LogP) is 3.88. The van der Waals surface area contributed by atoms with Crippen molar-refractivity contribution >= 4 is 32.9 Å². The Morgan fingerprint density at radius 2 is 1.70 bits per heavy atom. The summed E-state index contributed by atoms with van der Waals surface area (Å²) in [6, 6.07) is 7.24. The Hall–Kier alpha value is -3.15. The highest BCUT2D eigenvalue weighted by atomic mass is 32.2. The van der Waals surface area contributed by atoms with Crippen molar-refractivity contribution in [2.24, 2.45) is 0 Å². The van der Waals surface area contributed by atoms with Crippen LogP contribution in [-0.2, 0) is 26.3 Å². The summed E-state index contributed by atoms with van der Waals surface area (Å²) in [5.74, 6) is -0.382. The molecule has 1 N–H and O–H groups in total. The van der Waals surface area contributed by atoms with Crippen molar-refractivity contribution in [2.45, 2.75) is 57.4 Å². The van der Waals surface area contributed by atoms with E-state index in [0.29, 0.717) is 45.3 Å². The van der Waals surface area contributed by atoms with E-state index in [2.05, 4.69) is 4.72 Å². The fourth-order valence-corrected chi connectivity index (χ4v) is 7.63. The van der Waals surface area contributed by atoms with Crippen LogP contribution in [0.15, 0.2) is 41.2 Å². The van der Waals surface area contributed by atoms with E-state index in [1.807, 2.05) is 21.6 Å². The van der Waals surface area contributed by atoms with Gasteiger partial charge in [0.2, 0.25) is 5.91 Å². The monoisotopic (exact) mass is 568 g/mol. The average Bonchev–Trinajstić information content (AvgIpc) is 3.75. The average molecular weight is 569 g/mol. The molecule has 0 spiro atoms. The van der Waals surface area contributed by atoms with Gasteiger partial charge in [0.05, 0.1) is 37.0 Å². The fourth-order valence-electron chi connectivity index (χ4n) is 6.41. The third-order valence-electron chi connectivity index (χ3n) is 8.46. The number of hydrogen-bond donors (Lipinski definition) is 1. The molecule has 214 valence electrons. The lowest BCUT2D eigenvalue weighted by Gasteiger charge is -2.27. The molecule has 6 rings (SSSR count). The van der Waals surface area contributed by atoms with Crippen molar-refractivity contribution in [3.8, 4) is 11.3 Å². The van der Waals surface area contributed by atoms with Crippen LogP contribution in [0.2, 0.25) is 0 Å². The molecule has 2 aliphatic heterocycles. The number of benzene rings is 1. The molecule has 1 saturated carbocycles. The van der Waals surface area contributed by atoms with Gasteiger partial charge in [-0.1, -0.05) is 25.3 Å². The molecule has 0 atom stereocenters. The van der Waals surface area contributed by atoms with Gasteiger partial charge in [-0.2, -0.15) is 12.7 Å². The minimum atomic E-state index is -3.92. The molecule has 0 unspecified atom stereocenters. The summed E-state index contributed by atoms with van der Waals surface area (Å²) in [6.45, 7) is 3.01. The van der Waals surface area contributed by atoms with Crippen LogP contribution in [0.5, 0.6) is 0 Å². The zero-order chi connectivity index (χ0) is 27.7. The van der Waals surface area contributed by atoms with Crippen LogP contribution in [0, 0.1) is 0 Å². The lowest BCUT2D eigenvalue weighted by Crippen LogP contribution is -2.42. The van der Waals surface area contributed by atoms with Crippen LogP contribution >= 0.6 is 0 Å². The van der Waals surface area contributed by atoms with Gasteiger partial charge in [-0.25, -0.2) is 4.72 Å². The van der Waals surface area contributed by atoms with Gasteiger partial charge in [-0.3, -0.25) is 9.59 Å². The van der Waals surface area contributed by atoms with E-state index in [0.717, 1.165) is 60.7 Å². The molecular formula is C29H36N4O6S. The highest BCUT2D eigenvalue weighted by Gasteiger charge is 2.31. The van der Waals surface area contributed by atoms with Crippen LogP contribution in [-0.4, -0.2) is 73.4 Å². The fraction of sp³-hybridized carbons (Fsp3) is 0.517. The number of morpholine rings is 1. The molecule has 2 saturated heterocycles. The summed E-state index contributed by atoms with van der Waals surface area (Å²) < 4.78 is 42.1. The minimum absolute atomic E-state index is 0.0217. The number of nitrogens with one attached hydrogen (secondary N) is 1. The second-order valence-electron chi connectivity index (χ2n) is 11.0. The number of rotatable bonds is 7. The highest BCUT2D eigenvalue weighted by molar-refractivity contribution is 7.87. The number of carbonyl (C=O) groups is 2. The molecule has 4 heterocycles. The highest BCUT2D eigenvalue weighted by Crippen LogP contribution is 2.44. The molecule has 3 aromatic rings. The lowest BCUT2D eigenvalue weighted by atomic mass is 9.82. The first-order chi connectivity index (χ1) is 19.4. The van der Waals surface area contributed by atoms with E-state index in [4.69, 9.17) is 9.15 Å². The molecule has 11 heteroatoms. The summed E-state index contributed by atoms with van der Waals surface area (Å²) in [5.41, 5.74) is 3.96. The molecule has 2 aromatic heterocycles. The van der Waals surface area contributed by atoms with Gasteiger partial charge in [0.1, 0.15) is 6.54 Å². The van der Waals surface area contributed by atoms with Crippen LogP contribution in [0.1, 0.15) is 66.8 Å². The number of amides is 2. The van der Waals surface area contributed by atoms with E-state index >= 15 is 0 Å². The SMILES string of the molecule is O=C(NS(=O)(=O)N1CCCC1)c1ccc2c(C3CCCCC3)c(-c3ccoc3)n(CC(=O)N3CCOCC3)c2c1. The number of nitrogens with zero attached hydrogens (tertiary/aromatic N) is 3. The number of aromatic nitrogens is 1. The maximum absolute atomic E-state index is 13.5. The predicted molar refractivity (Wildman–Crippen MR) is 150 cm³/mol. The first-order valence-electron chi connectivity index (χ1n) is 14.3. The minimum Gasteiger partial charge on any atom is -0.472 e. The smallest absolute Gasteiger partial charge is 0.304 e. The van der Waals surface area contributed by atoms with Gasteiger partial charge < -0.3 is 18.6 Å². The number of hydrogen-bond acceptors (Lipinski definition) is 6. The molecule has 10 nitrogen and oxygen atoms in total. The Bertz CT molecular complexity index is 1480. The lowest BCUT2D eigenvalue weighted by molar-refractivity contribution is -0.135. The van der Waals surface area contributed by atoms with Crippen molar-refractivity contribution in [3.63, 3.8) is 0 Å². The number of furan rings is 1. The molecule has 0 radical (unpaired) electrons. The van der Waals surface area contributed by atoms with Gasteiger partial charge in [-0.05, 0) is 55.4 Å². The summed E-state index contributed by atoms with van der Waals surface area (Å²) in [5, 5.41) is 0.983. The summed E-state index contributed by atoms with van der Waals surface area (Å²) in [7, 11) is -3.92. The van der Waals surface area contributed by atoms with Crippen molar-refractivity contribution < 1.29 is 27.2 Å². The zero-order valence-corrected chi connectivity index (χ0v) is 23.5. The van der Waals surface area contributed by atoms with Crippen LogP contribution in [0.3, 0.4) is 0 Å². The van der Waals surface area contributed by atoms with E-state index < -0.39 is 16.1 Å². The van der Waals surface area contributed by atoms with Crippen LogP contribution in [0.25, 0.3) is 22.2 Å². The van der Waals surface area contributed by atoms with E-state index in [9.17, 15) is 18.0 Å². The zero-order valence-electron chi connectivity index (χ0n) is 22.6. The standard InChI is InChI=1S/C29H36N4O6S/c34-26(31-13-16-38-17-14-31)19-33-25-18-22(29(35)30-40(36,37)32-11-4-5-12-32)8-9-24(25)27(21-6-2-1-3-7-21)28(33)23-10-15-39-20-23/h8-10,15,18,20-21H,1-7,11-14,16-17,19H2,(H,30,35).